The molecule has 0 bridgehead atoms. The van der Waals surface area contributed by atoms with Crippen molar-refractivity contribution in [1.82, 2.24) is 10.2 Å². The van der Waals surface area contributed by atoms with Crippen LogP contribution in [-0.2, 0) is 26.2 Å². The Labute approximate surface area is 244 Å². The summed E-state index contributed by atoms with van der Waals surface area (Å²) in [6.45, 7) is 5.14. The summed E-state index contributed by atoms with van der Waals surface area (Å²) in [5.41, 5.74) is 1.68. The number of aryl methyl sites for hydroxylation is 1. The first-order valence-electron chi connectivity index (χ1n) is 12.3. The molecule has 0 aliphatic carbocycles. The molecule has 1 N–H and O–H groups in total. The number of benzene rings is 3. The highest BCUT2D eigenvalue weighted by molar-refractivity contribution is 7.92. The van der Waals surface area contributed by atoms with E-state index in [1.54, 1.807) is 56.3 Å². The molecule has 1 atom stereocenters. The first-order valence-corrected chi connectivity index (χ1v) is 14.9. The molecule has 0 aliphatic heterocycles. The van der Waals surface area contributed by atoms with Crippen LogP contribution in [0.2, 0.25) is 15.1 Å². The molecule has 3 aromatic rings. The topological polar surface area (TPSA) is 86.8 Å². The summed E-state index contributed by atoms with van der Waals surface area (Å²) in [6, 6.07) is 16.6. The second kappa shape index (κ2) is 13.5. The van der Waals surface area contributed by atoms with Gasteiger partial charge in [0.2, 0.25) is 11.8 Å². The van der Waals surface area contributed by atoms with Gasteiger partial charge in [-0.1, -0.05) is 65.5 Å². The molecule has 0 spiro atoms. The average Bonchev–Trinajstić information content (AvgIpc) is 2.89. The minimum Gasteiger partial charge on any atom is -0.355 e. The second-order valence-corrected chi connectivity index (χ2v) is 12.0. The lowest BCUT2D eigenvalue weighted by molar-refractivity contribution is -0.140. The fourth-order valence-corrected chi connectivity index (χ4v) is 6.10. The Morgan fingerprint density at radius 1 is 0.897 bits per heavy atom. The number of nitrogens with one attached hydrogen (secondary N) is 1. The van der Waals surface area contributed by atoms with E-state index in [-0.39, 0.29) is 23.8 Å². The number of carbonyl (C=O) groups is 2. The smallest absolute Gasteiger partial charge is 0.264 e. The van der Waals surface area contributed by atoms with E-state index in [0.717, 1.165) is 9.87 Å². The van der Waals surface area contributed by atoms with E-state index in [1.165, 1.54) is 29.2 Å². The Balaban J connectivity index is 2.09. The first-order chi connectivity index (χ1) is 18.5. The molecule has 0 aromatic heterocycles. The normalized spacial score (nSPS) is 12.1. The van der Waals surface area contributed by atoms with Gasteiger partial charge in [0, 0.05) is 33.7 Å². The van der Waals surface area contributed by atoms with Crippen molar-refractivity contribution in [3.63, 3.8) is 0 Å². The van der Waals surface area contributed by atoms with Crippen molar-refractivity contribution in [1.29, 1.82) is 0 Å². The maximum absolute atomic E-state index is 14.0. The van der Waals surface area contributed by atoms with Gasteiger partial charge in [-0.25, -0.2) is 8.42 Å². The number of sulfonamides is 1. The van der Waals surface area contributed by atoms with E-state index in [0.29, 0.717) is 32.9 Å². The van der Waals surface area contributed by atoms with Gasteiger partial charge in [0.1, 0.15) is 12.6 Å². The number of amides is 2. The predicted octanol–water partition coefficient (Wildman–Crippen LogP) is 6.09. The van der Waals surface area contributed by atoms with Gasteiger partial charge in [0.25, 0.3) is 10.0 Å². The lowest BCUT2D eigenvalue weighted by atomic mass is 10.1. The van der Waals surface area contributed by atoms with Crippen molar-refractivity contribution in [3.8, 4) is 0 Å². The van der Waals surface area contributed by atoms with Gasteiger partial charge in [0.15, 0.2) is 0 Å². The molecule has 3 aromatic carbocycles. The molecule has 0 unspecified atom stereocenters. The van der Waals surface area contributed by atoms with E-state index < -0.39 is 28.5 Å². The van der Waals surface area contributed by atoms with E-state index in [4.69, 9.17) is 34.8 Å². The van der Waals surface area contributed by atoms with Crippen molar-refractivity contribution < 1.29 is 18.0 Å². The van der Waals surface area contributed by atoms with E-state index >= 15 is 0 Å². The molecule has 3 rings (SSSR count). The zero-order chi connectivity index (χ0) is 28.7. The Bertz CT molecular complexity index is 1390. The minimum absolute atomic E-state index is 0.0308. The standard InChI is InChI=1S/C28H30Cl3N3O4S/c1-4-26(28(36)32-5-2)33(17-23-24(30)7-6-8-25(23)31)27(35)18-34(21-13-9-19(3)10-14-21)39(37,38)22-15-11-20(29)12-16-22/h6-16,26H,4-5,17-18H2,1-3H3,(H,32,36)/t26-/m1/s1. The lowest BCUT2D eigenvalue weighted by Crippen LogP contribution is -2.52. The number of hydrogen-bond donors (Lipinski definition) is 1. The molecule has 0 aliphatic rings. The van der Waals surface area contributed by atoms with Crippen LogP contribution in [-0.4, -0.2) is 44.3 Å². The van der Waals surface area contributed by atoms with Gasteiger partial charge in [-0.05, 0) is 68.8 Å². The maximum atomic E-state index is 14.0. The van der Waals surface area contributed by atoms with Crippen LogP contribution in [0.25, 0.3) is 0 Å². The van der Waals surface area contributed by atoms with Crippen LogP contribution < -0.4 is 9.62 Å². The number of likely N-dealkylation sites (N-methyl/N-ethyl adjacent to an activating group) is 1. The number of carbonyl (C=O) groups excluding carboxylic acids is 2. The summed E-state index contributed by atoms with van der Waals surface area (Å²) in [5, 5.41) is 3.79. The quantitative estimate of drug-likeness (QED) is 0.285. The number of anilines is 1. The molecule has 0 fully saturated rings. The molecular weight excluding hydrogens is 581 g/mol. The third-order valence-electron chi connectivity index (χ3n) is 6.13. The molecule has 0 radical (unpaired) electrons. The monoisotopic (exact) mass is 609 g/mol. The predicted molar refractivity (Wildman–Crippen MR) is 157 cm³/mol. The summed E-state index contributed by atoms with van der Waals surface area (Å²) >= 11 is 18.8. The molecule has 11 heteroatoms. The van der Waals surface area contributed by atoms with Crippen molar-refractivity contribution in [3.05, 3.63) is 92.9 Å². The SMILES string of the molecule is CCNC(=O)[C@@H](CC)N(Cc1c(Cl)cccc1Cl)C(=O)CN(c1ccc(C)cc1)S(=O)(=O)c1ccc(Cl)cc1. The summed E-state index contributed by atoms with van der Waals surface area (Å²) in [5.74, 6) is -0.957. The van der Waals surface area contributed by atoms with Gasteiger partial charge < -0.3 is 10.2 Å². The van der Waals surface area contributed by atoms with Crippen LogP contribution in [0.3, 0.4) is 0 Å². The Morgan fingerprint density at radius 2 is 1.49 bits per heavy atom. The number of rotatable bonds is 11. The van der Waals surface area contributed by atoms with E-state index in [2.05, 4.69) is 5.32 Å². The van der Waals surface area contributed by atoms with Crippen LogP contribution in [0.15, 0.2) is 71.6 Å². The zero-order valence-electron chi connectivity index (χ0n) is 21.8. The molecular formula is C28H30Cl3N3O4S. The molecule has 7 nitrogen and oxygen atoms in total. The van der Waals surface area contributed by atoms with Gasteiger partial charge >= 0.3 is 0 Å². The van der Waals surface area contributed by atoms with E-state index in [9.17, 15) is 18.0 Å². The highest BCUT2D eigenvalue weighted by atomic mass is 35.5. The maximum Gasteiger partial charge on any atom is 0.264 e. The summed E-state index contributed by atoms with van der Waals surface area (Å²) in [6.07, 6.45) is 0.286. The molecule has 0 saturated heterocycles. The number of halogens is 3. The first kappa shape index (κ1) is 30.8. The average molecular weight is 611 g/mol. The molecule has 39 heavy (non-hydrogen) atoms. The second-order valence-electron chi connectivity index (χ2n) is 8.84. The van der Waals surface area contributed by atoms with Crippen molar-refractivity contribution in [2.24, 2.45) is 0 Å². The van der Waals surface area contributed by atoms with Crippen LogP contribution >= 0.6 is 34.8 Å². The van der Waals surface area contributed by atoms with Gasteiger partial charge in [-0.2, -0.15) is 0 Å². The van der Waals surface area contributed by atoms with Crippen LogP contribution in [0.5, 0.6) is 0 Å². The number of nitrogens with zero attached hydrogens (tertiary/aromatic N) is 2. The Kier molecular flexibility index (Phi) is 10.7. The summed E-state index contributed by atoms with van der Waals surface area (Å²) < 4.78 is 28.7. The van der Waals surface area contributed by atoms with E-state index in [1.807, 2.05) is 6.92 Å². The van der Waals surface area contributed by atoms with Crippen LogP contribution in [0, 0.1) is 6.92 Å². The minimum atomic E-state index is -4.19. The highest BCUT2D eigenvalue weighted by Crippen LogP contribution is 2.29. The zero-order valence-corrected chi connectivity index (χ0v) is 24.9. The van der Waals surface area contributed by atoms with Crippen molar-refractivity contribution in [2.45, 2.75) is 44.7 Å². The Morgan fingerprint density at radius 3 is 2.03 bits per heavy atom. The van der Waals surface area contributed by atoms with Gasteiger partial charge in [-0.3, -0.25) is 13.9 Å². The van der Waals surface area contributed by atoms with Crippen molar-refractivity contribution >= 4 is 62.3 Å². The molecule has 0 saturated carbocycles. The Hall–Kier alpha value is -2.78. The van der Waals surface area contributed by atoms with Gasteiger partial charge in [-0.15, -0.1) is 0 Å². The fourth-order valence-electron chi connectivity index (χ4n) is 4.04. The summed E-state index contributed by atoms with van der Waals surface area (Å²) in [4.78, 5) is 28.3. The fraction of sp³-hybridized carbons (Fsp3) is 0.286. The third kappa shape index (κ3) is 7.45. The molecule has 2 amide bonds. The van der Waals surface area contributed by atoms with Crippen LogP contribution in [0.1, 0.15) is 31.4 Å². The van der Waals surface area contributed by atoms with Crippen LogP contribution in [0.4, 0.5) is 5.69 Å². The largest absolute Gasteiger partial charge is 0.355 e. The third-order valence-corrected chi connectivity index (χ3v) is 8.88. The molecule has 0 heterocycles. The number of hydrogen-bond acceptors (Lipinski definition) is 4. The highest BCUT2D eigenvalue weighted by Gasteiger charge is 2.34. The summed E-state index contributed by atoms with van der Waals surface area (Å²) in [7, 11) is -4.19. The van der Waals surface area contributed by atoms with Crippen molar-refractivity contribution in [2.75, 3.05) is 17.4 Å². The molecule has 208 valence electrons. The lowest BCUT2D eigenvalue weighted by Gasteiger charge is -2.33. The van der Waals surface area contributed by atoms with Gasteiger partial charge in [0.05, 0.1) is 10.6 Å².